The summed E-state index contributed by atoms with van der Waals surface area (Å²) in [6, 6.07) is 11.5. The number of carbonyl (C=O) groups excluding carboxylic acids is 1. The molecule has 0 saturated carbocycles. The van der Waals surface area contributed by atoms with Gasteiger partial charge < -0.3 is 21.1 Å². The molecule has 2 aromatic carbocycles. The van der Waals surface area contributed by atoms with Gasteiger partial charge in [-0.15, -0.1) is 0 Å². The Morgan fingerprint density at radius 2 is 1.85 bits per heavy atom. The van der Waals surface area contributed by atoms with Crippen molar-refractivity contribution in [3.8, 4) is 5.75 Å². The molecule has 0 atom stereocenters. The highest BCUT2D eigenvalue weighted by atomic mass is 35.5. The maximum atomic E-state index is 11.8. The molecule has 2 rings (SSSR count). The number of halogens is 1. The van der Waals surface area contributed by atoms with Gasteiger partial charge in [-0.25, -0.2) is 4.79 Å². The molecule has 0 aliphatic rings. The van der Waals surface area contributed by atoms with Crippen molar-refractivity contribution in [2.45, 2.75) is 0 Å². The van der Waals surface area contributed by atoms with Crippen molar-refractivity contribution in [2.75, 3.05) is 23.5 Å². The number of ether oxygens (including phenoxy) is 1. The van der Waals surface area contributed by atoms with E-state index in [9.17, 15) is 4.79 Å². The van der Waals surface area contributed by atoms with Crippen LogP contribution in [0.4, 0.5) is 21.9 Å². The molecule has 0 radical (unpaired) electrons. The molecule has 20 heavy (non-hydrogen) atoms. The highest BCUT2D eigenvalue weighted by Crippen LogP contribution is 2.24. The van der Waals surface area contributed by atoms with Crippen LogP contribution in [0.25, 0.3) is 0 Å². The molecule has 2 amide bonds. The van der Waals surface area contributed by atoms with Crippen LogP contribution < -0.4 is 21.1 Å². The Hall–Kier alpha value is -2.40. The maximum absolute atomic E-state index is 11.8. The molecule has 0 aliphatic carbocycles. The van der Waals surface area contributed by atoms with Gasteiger partial charge in [0.2, 0.25) is 0 Å². The van der Waals surface area contributed by atoms with Gasteiger partial charge >= 0.3 is 6.03 Å². The van der Waals surface area contributed by atoms with Gasteiger partial charge in [-0.3, -0.25) is 0 Å². The molecule has 4 N–H and O–H groups in total. The Balaban J connectivity index is 2.03. The first kappa shape index (κ1) is 14.0. The smallest absolute Gasteiger partial charge is 0.323 e. The predicted octanol–water partition coefficient (Wildman–Crippen LogP) is 3.57. The van der Waals surface area contributed by atoms with Crippen LogP contribution in [0.15, 0.2) is 42.5 Å². The molecule has 6 heteroatoms. The second-order valence-corrected chi connectivity index (χ2v) is 4.45. The molecular weight excluding hydrogens is 278 g/mol. The molecule has 0 unspecified atom stereocenters. The molecular formula is C14H14ClN3O2. The van der Waals surface area contributed by atoms with Gasteiger partial charge in [-0.2, -0.15) is 0 Å². The number of nitrogen functional groups attached to an aromatic ring is 1. The number of methoxy groups -OCH3 is 1. The van der Waals surface area contributed by atoms with E-state index in [1.54, 1.807) is 49.6 Å². The van der Waals surface area contributed by atoms with Crippen molar-refractivity contribution in [1.29, 1.82) is 0 Å². The fraction of sp³-hybridized carbons (Fsp3) is 0.0714. The monoisotopic (exact) mass is 291 g/mol. The van der Waals surface area contributed by atoms with Gasteiger partial charge in [0.15, 0.2) is 0 Å². The minimum atomic E-state index is -0.400. The van der Waals surface area contributed by atoms with Gasteiger partial charge in [0, 0.05) is 11.4 Å². The van der Waals surface area contributed by atoms with E-state index in [1.165, 1.54) is 0 Å². The second kappa shape index (κ2) is 6.16. The summed E-state index contributed by atoms with van der Waals surface area (Å²) < 4.78 is 5.04. The summed E-state index contributed by atoms with van der Waals surface area (Å²) in [5, 5.41) is 5.74. The Morgan fingerprint density at radius 1 is 1.15 bits per heavy atom. The van der Waals surface area contributed by atoms with Crippen molar-refractivity contribution in [3.63, 3.8) is 0 Å². The standard InChI is InChI=1S/C14H14ClN3O2/c1-20-11-5-3-10(4-6-11)17-14(19)18-13-8-9(16)2-7-12(13)15/h2-8H,16H2,1H3,(H2,17,18,19). The van der Waals surface area contributed by atoms with Crippen molar-refractivity contribution in [2.24, 2.45) is 0 Å². The Labute approximate surface area is 121 Å². The third-order valence-electron chi connectivity index (χ3n) is 2.59. The summed E-state index contributed by atoms with van der Waals surface area (Å²) >= 11 is 5.97. The quantitative estimate of drug-likeness (QED) is 0.757. The average Bonchev–Trinajstić information content (AvgIpc) is 2.43. The summed E-state index contributed by atoms with van der Waals surface area (Å²) in [4.78, 5) is 11.8. The molecule has 104 valence electrons. The minimum absolute atomic E-state index is 0.400. The number of urea groups is 1. The van der Waals surface area contributed by atoms with E-state index >= 15 is 0 Å². The lowest BCUT2D eigenvalue weighted by atomic mass is 10.3. The summed E-state index contributed by atoms with van der Waals surface area (Å²) in [5.41, 5.74) is 7.26. The van der Waals surface area contributed by atoms with Crippen LogP contribution in [0.1, 0.15) is 0 Å². The minimum Gasteiger partial charge on any atom is -0.497 e. The lowest BCUT2D eigenvalue weighted by Crippen LogP contribution is -2.19. The number of amides is 2. The molecule has 0 aromatic heterocycles. The molecule has 2 aromatic rings. The summed E-state index contributed by atoms with van der Waals surface area (Å²) in [6.45, 7) is 0. The van der Waals surface area contributed by atoms with Crippen LogP contribution in [-0.4, -0.2) is 13.1 Å². The summed E-state index contributed by atoms with van der Waals surface area (Å²) in [5.74, 6) is 0.717. The number of nitrogens with one attached hydrogen (secondary N) is 2. The molecule has 0 aliphatic heterocycles. The first-order valence-electron chi connectivity index (χ1n) is 5.85. The van der Waals surface area contributed by atoms with Crippen LogP contribution in [0.2, 0.25) is 5.02 Å². The third kappa shape index (κ3) is 3.55. The van der Waals surface area contributed by atoms with Crippen molar-refractivity contribution in [1.82, 2.24) is 0 Å². The zero-order chi connectivity index (χ0) is 14.5. The molecule has 5 nitrogen and oxygen atoms in total. The average molecular weight is 292 g/mol. The van der Waals surface area contributed by atoms with Crippen LogP contribution >= 0.6 is 11.6 Å². The molecule has 0 spiro atoms. The van der Waals surface area contributed by atoms with E-state index in [4.69, 9.17) is 22.1 Å². The van der Waals surface area contributed by atoms with Gasteiger partial charge in [0.1, 0.15) is 5.75 Å². The van der Waals surface area contributed by atoms with Crippen molar-refractivity contribution in [3.05, 3.63) is 47.5 Å². The zero-order valence-electron chi connectivity index (χ0n) is 10.8. The number of rotatable bonds is 3. The highest BCUT2D eigenvalue weighted by molar-refractivity contribution is 6.34. The topological polar surface area (TPSA) is 76.4 Å². The highest BCUT2D eigenvalue weighted by Gasteiger charge is 2.06. The van der Waals surface area contributed by atoms with Gasteiger partial charge in [0.05, 0.1) is 17.8 Å². The van der Waals surface area contributed by atoms with Crippen LogP contribution in [0.3, 0.4) is 0 Å². The number of hydrogen-bond donors (Lipinski definition) is 3. The third-order valence-corrected chi connectivity index (χ3v) is 2.92. The molecule has 0 heterocycles. The second-order valence-electron chi connectivity index (χ2n) is 4.05. The number of hydrogen-bond acceptors (Lipinski definition) is 3. The fourth-order valence-corrected chi connectivity index (χ4v) is 1.76. The number of anilines is 3. The van der Waals surface area contributed by atoms with E-state index in [2.05, 4.69) is 10.6 Å². The number of nitrogens with two attached hydrogens (primary N) is 1. The van der Waals surface area contributed by atoms with E-state index in [0.717, 1.165) is 5.75 Å². The van der Waals surface area contributed by atoms with Crippen LogP contribution in [0, 0.1) is 0 Å². The summed E-state index contributed by atoms with van der Waals surface area (Å²) in [6.07, 6.45) is 0. The lowest BCUT2D eigenvalue weighted by Gasteiger charge is -2.10. The van der Waals surface area contributed by atoms with Crippen LogP contribution in [0.5, 0.6) is 5.75 Å². The van der Waals surface area contributed by atoms with E-state index in [-0.39, 0.29) is 0 Å². The first-order valence-corrected chi connectivity index (χ1v) is 6.23. The largest absolute Gasteiger partial charge is 0.497 e. The van der Waals surface area contributed by atoms with Gasteiger partial charge in [-0.05, 0) is 42.5 Å². The normalized spacial score (nSPS) is 9.90. The number of carbonyl (C=O) groups is 1. The molecule has 0 saturated heterocycles. The van der Waals surface area contributed by atoms with Crippen molar-refractivity contribution < 1.29 is 9.53 Å². The van der Waals surface area contributed by atoms with E-state index in [1.807, 2.05) is 0 Å². The van der Waals surface area contributed by atoms with Gasteiger partial charge in [0.25, 0.3) is 0 Å². The van der Waals surface area contributed by atoms with Crippen LogP contribution in [-0.2, 0) is 0 Å². The first-order chi connectivity index (χ1) is 9.58. The molecule has 0 bridgehead atoms. The Kier molecular flexibility index (Phi) is 4.32. The fourth-order valence-electron chi connectivity index (χ4n) is 1.60. The number of benzene rings is 2. The predicted molar refractivity (Wildman–Crippen MR) is 81.5 cm³/mol. The Bertz CT molecular complexity index is 614. The van der Waals surface area contributed by atoms with Crippen molar-refractivity contribution >= 4 is 34.7 Å². The zero-order valence-corrected chi connectivity index (χ0v) is 11.6. The molecule has 0 fully saturated rings. The summed E-state index contributed by atoms with van der Waals surface area (Å²) in [7, 11) is 1.58. The lowest BCUT2D eigenvalue weighted by molar-refractivity contribution is 0.262. The maximum Gasteiger partial charge on any atom is 0.323 e. The van der Waals surface area contributed by atoms with E-state index in [0.29, 0.717) is 22.1 Å². The van der Waals surface area contributed by atoms with E-state index < -0.39 is 6.03 Å². The Morgan fingerprint density at radius 3 is 2.50 bits per heavy atom. The van der Waals surface area contributed by atoms with Gasteiger partial charge in [-0.1, -0.05) is 11.6 Å². The SMILES string of the molecule is COc1ccc(NC(=O)Nc2cc(N)ccc2Cl)cc1.